The predicted molar refractivity (Wildman–Crippen MR) is 103 cm³/mol. The quantitative estimate of drug-likeness (QED) is 0.798. The average Bonchev–Trinajstić information content (AvgIpc) is 3.03. The first-order valence-electron chi connectivity index (χ1n) is 9.83. The van der Waals surface area contributed by atoms with Gasteiger partial charge in [-0.05, 0) is 56.9 Å². The minimum Gasteiger partial charge on any atom is -0.494 e. The van der Waals surface area contributed by atoms with Crippen LogP contribution in [0.3, 0.4) is 0 Å². The molecule has 148 valence electrons. The monoisotopic (exact) mass is 375 g/mol. The van der Waals surface area contributed by atoms with Crippen LogP contribution in [0.1, 0.15) is 39.0 Å². The molecule has 7 nitrogen and oxygen atoms in total. The second kappa shape index (κ2) is 9.08. The molecule has 0 aromatic heterocycles. The zero-order chi connectivity index (χ0) is 19.2. The molecule has 1 aromatic carbocycles. The van der Waals surface area contributed by atoms with Crippen molar-refractivity contribution >= 4 is 17.6 Å². The number of amides is 3. The first-order valence-corrected chi connectivity index (χ1v) is 9.83. The number of nitrogens with zero attached hydrogens (tertiary/aromatic N) is 2. The molecule has 3 rings (SSSR count). The van der Waals surface area contributed by atoms with Crippen molar-refractivity contribution in [2.75, 3.05) is 31.2 Å². The molecule has 1 aromatic rings. The Morgan fingerprint density at radius 1 is 1.30 bits per heavy atom. The van der Waals surface area contributed by atoms with E-state index in [1.54, 1.807) is 4.90 Å². The number of hydrogen-bond acceptors (Lipinski definition) is 4. The molecule has 0 aliphatic carbocycles. The third-order valence-electron chi connectivity index (χ3n) is 5.26. The van der Waals surface area contributed by atoms with E-state index in [2.05, 4.69) is 5.32 Å². The van der Waals surface area contributed by atoms with Gasteiger partial charge in [0.25, 0.3) is 0 Å². The van der Waals surface area contributed by atoms with Crippen LogP contribution in [-0.4, -0.2) is 60.3 Å². The highest BCUT2D eigenvalue weighted by Crippen LogP contribution is 2.25. The van der Waals surface area contributed by atoms with Gasteiger partial charge in [-0.1, -0.05) is 0 Å². The lowest BCUT2D eigenvalue weighted by Gasteiger charge is -2.36. The first kappa shape index (κ1) is 19.5. The molecule has 27 heavy (non-hydrogen) atoms. The molecule has 2 saturated heterocycles. The van der Waals surface area contributed by atoms with Crippen molar-refractivity contribution in [3.05, 3.63) is 24.3 Å². The van der Waals surface area contributed by atoms with Crippen molar-refractivity contribution in [3.8, 4) is 5.75 Å². The Morgan fingerprint density at radius 2 is 2.07 bits per heavy atom. The molecule has 0 saturated carbocycles. The van der Waals surface area contributed by atoms with E-state index in [0.717, 1.165) is 30.7 Å². The van der Waals surface area contributed by atoms with E-state index in [4.69, 9.17) is 4.74 Å². The summed E-state index contributed by atoms with van der Waals surface area (Å²) in [6.45, 7) is 3.79. The number of anilines is 1. The summed E-state index contributed by atoms with van der Waals surface area (Å²) < 4.78 is 5.44. The van der Waals surface area contributed by atoms with E-state index >= 15 is 0 Å². The van der Waals surface area contributed by atoms with E-state index in [1.807, 2.05) is 36.1 Å². The number of rotatable bonds is 6. The SMILES string of the molecule is CCOc1ccc(N2CC(NC(=O)N3CCCCC3CCO)CC2=O)cc1. The molecular formula is C20H29N3O4. The molecule has 3 amide bonds. The smallest absolute Gasteiger partial charge is 0.317 e. The summed E-state index contributed by atoms with van der Waals surface area (Å²) in [5.74, 6) is 0.785. The number of carbonyl (C=O) groups is 2. The maximum absolute atomic E-state index is 12.7. The molecule has 2 fully saturated rings. The van der Waals surface area contributed by atoms with Crippen LogP contribution in [0.25, 0.3) is 0 Å². The van der Waals surface area contributed by atoms with Gasteiger partial charge in [-0.2, -0.15) is 0 Å². The van der Waals surface area contributed by atoms with Crippen molar-refractivity contribution in [2.45, 2.75) is 51.1 Å². The highest BCUT2D eigenvalue weighted by atomic mass is 16.5. The van der Waals surface area contributed by atoms with E-state index in [9.17, 15) is 14.7 Å². The molecule has 2 aliphatic heterocycles. The molecule has 0 radical (unpaired) electrons. The topological polar surface area (TPSA) is 82.1 Å². The van der Waals surface area contributed by atoms with Gasteiger partial charge in [0.1, 0.15) is 5.75 Å². The van der Waals surface area contributed by atoms with Gasteiger partial charge in [0.05, 0.1) is 12.6 Å². The van der Waals surface area contributed by atoms with Gasteiger partial charge in [-0.25, -0.2) is 4.79 Å². The fraction of sp³-hybridized carbons (Fsp3) is 0.600. The molecule has 2 atom stereocenters. The van der Waals surface area contributed by atoms with Crippen LogP contribution in [0.15, 0.2) is 24.3 Å². The van der Waals surface area contributed by atoms with E-state index in [1.165, 1.54) is 0 Å². The van der Waals surface area contributed by atoms with Gasteiger partial charge in [-0.15, -0.1) is 0 Å². The highest BCUT2D eigenvalue weighted by Gasteiger charge is 2.34. The molecule has 2 N–H and O–H groups in total. The van der Waals surface area contributed by atoms with Crippen LogP contribution in [0.5, 0.6) is 5.75 Å². The molecule has 7 heteroatoms. The van der Waals surface area contributed by atoms with Crippen molar-refractivity contribution in [1.29, 1.82) is 0 Å². The maximum atomic E-state index is 12.7. The second-order valence-corrected chi connectivity index (χ2v) is 7.14. The largest absolute Gasteiger partial charge is 0.494 e. The molecule has 0 spiro atoms. The summed E-state index contributed by atoms with van der Waals surface area (Å²) in [5.41, 5.74) is 0.816. The highest BCUT2D eigenvalue weighted by molar-refractivity contribution is 5.96. The van der Waals surface area contributed by atoms with E-state index < -0.39 is 0 Å². The van der Waals surface area contributed by atoms with Gasteiger partial charge in [0.2, 0.25) is 5.91 Å². The maximum Gasteiger partial charge on any atom is 0.317 e. The van der Waals surface area contributed by atoms with Crippen molar-refractivity contribution in [2.24, 2.45) is 0 Å². The predicted octanol–water partition coefficient (Wildman–Crippen LogP) is 2.14. The number of carbonyl (C=O) groups excluding carboxylic acids is 2. The third kappa shape index (κ3) is 4.71. The number of hydrogen-bond donors (Lipinski definition) is 2. The van der Waals surface area contributed by atoms with Gasteiger partial charge in [0, 0.05) is 37.8 Å². The zero-order valence-electron chi connectivity index (χ0n) is 15.9. The van der Waals surface area contributed by atoms with Crippen molar-refractivity contribution < 1.29 is 19.4 Å². The Hall–Kier alpha value is -2.28. The summed E-state index contributed by atoms with van der Waals surface area (Å²) in [6.07, 6.45) is 3.90. The van der Waals surface area contributed by atoms with Crippen LogP contribution in [0, 0.1) is 0 Å². The number of aliphatic hydroxyl groups excluding tert-OH is 1. The lowest BCUT2D eigenvalue weighted by atomic mass is 10.00. The Bertz CT molecular complexity index is 647. The minimum absolute atomic E-state index is 0.00927. The summed E-state index contributed by atoms with van der Waals surface area (Å²) in [5, 5.41) is 12.2. The molecule has 2 heterocycles. The minimum atomic E-state index is -0.201. The fourth-order valence-electron chi connectivity index (χ4n) is 3.92. The van der Waals surface area contributed by atoms with Gasteiger partial charge >= 0.3 is 6.03 Å². The first-order chi connectivity index (χ1) is 13.1. The molecule has 2 unspecified atom stereocenters. The second-order valence-electron chi connectivity index (χ2n) is 7.14. The molecule has 2 aliphatic rings. The standard InChI is InChI=1S/C20H29N3O4/c1-2-27-18-8-6-17(7-9-18)23-14-15(13-19(23)25)21-20(26)22-11-4-3-5-16(22)10-12-24/h6-9,15-16,24H,2-5,10-14H2,1H3,(H,21,26). The van der Waals surface area contributed by atoms with Crippen LogP contribution >= 0.6 is 0 Å². The summed E-state index contributed by atoms with van der Waals surface area (Å²) in [4.78, 5) is 28.6. The van der Waals surface area contributed by atoms with Crippen LogP contribution in [0.2, 0.25) is 0 Å². The summed E-state index contributed by atoms with van der Waals surface area (Å²) in [7, 11) is 0. The van der Waals surface area contributed by atoms with Gasteiger partial charge < -0.3 is 25.0 Å². The van der Waals surface area contributed by atoms with E-state index in [-0.39, 0.29) is 30.6 Å². The lowest BCUT2D eigenvalue weighted by molar-refractivity contribution is -0.117. The van der Waals surface area contributed by atoms with Crippen LogP contribution in [-0.2, 0) is 4.79 Å². The number of likely N-dealkylation sites (tertiary alicyclic amines) is 1. The van der Waals surface area contributed by atoms with Gasteiger partial charge in [0.15, 0.2) is 0 Å². The normalized spacial score (nSPS) is 22.8. The van der Waals surface area contributed by atoms with Crippen LogP contribution in [0.4, 0.5) is 10.5 Å². The number of aliphatic hydroxyl groups is 1. The fourth-order valence-corrected chi connectivity index (χ4v) is 3.92. The number of benzene rings is 1. The summed E-state index contributed by atoms with van der Waals surface area (Å²) in [6, 6.07) is 7.20. The third-order valence-corrected chi connectivity index (χ3v) is 5.26. The van der Waals surface area contributed by atoms with Gasteiger partial charge in [-0.3, -0.25) is 4.79 Å². The molecule has 0 bridgehead atoms. The zero-order valence-corrected chi connectivity index (χ0v) is 15.9. The number of urea groups is 1. The number of piperidine rings is 1. The summed E-state index contributed by atoms with van der Waals surface area (Å²) >= 11 is 0. The average molecular weight is 375 g/mol. The Balaban J connectivity index is 1.59. The number of ether oxygens (including phenoxy) is 1. The number of nitrogens with one attached hydrogen (secondary N) is 1. The van der Waals surface area contributed by atoms with E-state index in [0.29, 0.717) is 32.5 Å². The van der Waals surface area contributed by atoms with Crippen LogP contribution < -0.4 is 15.0 Å². The lowest BCUT2D eigenvalue weighted by Crippen LogP contribution is -2.52. The Morgan fingerprint density at radius 3 is 2.78 bits per heavy atom. The molecular weight excluding hydrogens is 346 g/mol. The van der Waals surface area contributed by atoms with Crippen molar-refractivity contribution in [1.82, 2.24) is 10.2 Å². The Kier molecular flexibility index (Phi) is 6.55. The van der Waals surface area contributed by atoms with Crippen molar-refractivity contribution in [3.63, 3.8) is 0 Å². The Labute approximate surface area is 160 Å².